The minimum atomic E-state index is -0.532. The highest BCUT2D eigenvalue weighted by molar-refractivity contribution is 5.36. The topological polar surface area (TPSA) is 20.2 Å². The molecule has 1 aromatic rings. The molecule has 1 aliphatic carbocycles. The van der Waals surface area contributed by atoms with Gasteiger partial charge in [0, 0.05) is 0 Å². The second-order valence-corrected chi connectivity index (χ2v) is 4.86. The van der Waals surface area contributed by atoms with E-state index in [1.54, 1.807) is 0 Å². The Morgan fingerprint density at radius 2 is 1.93 bits per heavy atom. The Bertz CT molecular complexity index is 348. The molecule has 1 saturated carbocycles. The molecule has 2 rings (SSSR count). The highest BCUT2D eigenvalue weighted by Gasteiger charge is 2.42. The van der Waals surface area contributed by atoms with Crippen LogP contribution in [0.15, 0.2) is 18.2 Å². The van der Waals surface area contributed by atoms with Crippen LogP contribution in [0.5, 0.6) is 0 Å². The first-order valence-electron chi connectivity index (χ1n) is 5.31. The number of rotatable bonds is 1. The summed E-state index contributed by atoms with van der Waals surface area (Å²) in [5, 5.41) is 10.4. The fourth-order valence-corrected chi connectivity index (χ4v) is 2.55. The van der Waals surface area contributed by atoms with E-state index < -0.39 is 5.60 Å². The van der Waals surface area contributed by atoms with E-state index in [4.69, 9.17) is 0 Å². The molecular formula is C13H18O. The molecule has 1 aromatic carbocycles. The largest absolute Gasteiger partial charge is 0.385 e. The van der Waals surface area contributed by atoms with Gasteiger partial charge in [-0.1, -0.05) is 30.7 Å². The lowest BCUT2D eigenvalue weighted by molar-refractivity contribution is -0.0743. The molecule has 1 heteroatoms. The van der Waals surface area contributed by atoms with Gasteiger partial charge < -0.3 is 5.11 Å². The third kappa shape index (κ3) is 1.46. The van der Waals surface area contributed by atoms with Crippen molar-refractivity contribution in [2.45, 2.75) is 39.2 Å². The van der Waals surface area contributed by atoms with E-state index in [2.05, 4.69) is 39.0 Å². The number of benzene rings is 1. The van der Waals surface area contributed by atoms with Crippen molar-refractivity contribution >= 4 is 0 Å². The van der Waals surface area contributed by atoms with Gasteiger partial charge in [0.2, 0.25) is 0 Å². The van der Waals surface area contributed by atoms with Crippen LogP contribution in [-0.4, -0.2) is 5.11 Å². The van der Waals surface area contributed by atoms with Crippen LogP contribution in [0.2, 0.25) is 0 Å². The van der Waals surface area contributed by atoms with Gasteiger partial charge in [-0.25, -0.2) is 0 Å². The van der Waals surface area contributed by atoms with E-state index in [1.165, 1.54) is 11.1 Å². The van der Waals surface area contributed by atoms with Gasteiger partial charge in [-0.15, -0.1) is 0 Å². The number of aryl methyl sites for hydroxylation is 2. The van der Waals surface area contributed by atoms with Crippen LogP contribution in [-0.2, 0) is 5.60 Å². The van der Waals surface area contributed by atoms with Crippen molar-refractivity contribution in [3.63, 3.8) is 0 Å². The van der Waals surface area contributed by atoms with Crippen LogP contribution in [0.1, 0.15) is 36.5 Å². The Kier molecular flexibility index (Phi) is 2.15. The Hall–Kier alpha value is -0.820. The molecule has 1 aliphatic rings. The van der Waals surface area contributed by atoms with E-state index in [1.807, 2.05) is 0 Å². The molecule has 0 radical (unpaired) electrons. The smallest absolute Gasteiger partial charge is 0.0904 e. The SMILES string of the molecule is Cc1ccc(C)c(C2(O)CC(C)C2)c1. The monoisotopic (exact) mass is 190 g/mol. The predicted octanol–water partition coefficient (Wildman–Crippen LogP) is 2.92. The molecule has 1 fully saturated rings. The summed E-state index contributed by atoms with van der Waals surface area (Å²) in [6, 6.07) is 6.33. The average Bonchev–Trinajstić information content (AvgIpc) is 2.07. The first-order valence-corrected chi connectivity index (χ1v) is 5.31. The second-order valence-electron chi connectivity index (χ2n) is 4.86. The van der Waals surface area contributed by atoms with Crippen molar-refractivity contribution in [1.29, 1.82) is 0 Å². The van der Waals surface area contributed by atoms with Gasteiger partial charge in [-0.2, -0.15) is 0 Å². The van der Waals surface area contributed by atoms with E-state index in [0.717, 1.165) is 18.4 Å². The maximum atomic E-state index is 10.4. The fourth-order valence-electron chi connectivity index (χ4n) is 2.55. The normalized spacial score (nSPS) is 31.3. The van der Waals surface area contributed by atoms with Crippen molar-refractivity contribution in [1.82, 2.24) is 0 Å². The average molecular weight is 190 g/mol. The van der Waals surface area contributed by atoms with Crippen molar-refractivity contribution in [2.75, 3.05) is 0 Å². The summed E-state index contributed by atoms with van der Waals surface area (Å²) in [6.07, 6.45) is 1.83. The van der Waals surface area contributed by atoms with Gasteiger partial charge in [-0.3, -0.25) is 0 Å². The first kappa shape index (κ1) is 9.72. The summed E-state index contributed by atoms with van der Waals surface area (Å²) in [7, 11) is 0. The predicted molar refractivity (Wildman–Crippen MR) is 58.2 cm³/mol. The molecule has 0 aliphatic heterocycles. The summed E-state index contributed by atoms with van der Waals surface area (Å²) < 4.78 is 0. The summed E-state index contributed by atoms with van der Waals surface area (Å²) in [5.74, 6) is 0.667. The Morgan fingerprint density at radius 3 is 2.50 bits per heavy atom. The van der Waals surface area contributed by atoms with Crippen molar-refractivity contribution in [2.24, 2.45) is 5.92 Å². The zero-order chi connectivity index (χ0) is 10.3. The standard InChI is InChI=1S/C13H18O/c1-9-4-5-11(3)12(6-9)13(14)7-10(2)8-13/h4-6,10,14H,7-8H2,1-3H3. The molecule has 14 heavy (non-hydrogen) atoms. The first-order chi connectivity index (χ1) is 6.51. The maximum absolute atomic E-state index is 10.4. The molecule has 0 amide bonds. The highest BCUT2D eigenvalue weighted by atomic mass is 16.3. The summed E-state index contributed by atoms with van der Waals surface area (Å²) >= 11 is 0. The Balaban J connectivity index is 2.36. The molecule has 0 heterocycles. The van der Waals surface area contributed by atoms with Gasteiger partial charge in [0.05, 0.1) is 5.60 Å². The van der Waals surface area contributed by atoms with Crippen LogP contribution in [0, 0.1) is 19.8 Å². The summed E-state index contributed by atoms with van der Waals surface area (Å²) in [4.78, 5) is 0. The highest BCUT2D eigenvalue weighted by Crippen LogP contribution is 2.46. The molecule has 1 N–H and O–H groups in total. The molecule has 0 aromatic heterocycles. The number of hydrogen-bond donors (Lipinski definition) is 1. The van der Waals surface area contributed by atoms with Gasteiger partial charge >= 0.3 is 0 Å². The van der Waals surface area contributed by atoms with Gasteiger partial charge in [0.25, 0.3) is 0 Å². The molecule has 76 valence electrons. The van der Waals surface area contributed by atoms with E-state index in [0.29, 0.717) is 5.92 Å². The van der Waals surface area contributed by atoms with E-state index in [-0.39, 0.29) is 0 Å². The third-order valence-corrected chi connectivity index (χ3v) is 3.27. The molecule has 0 spiro atoms. The quantitative estimate of drug-likeness (QED) is 0.722. The lowest BCUT2D eigenvalue weighted by Gasteiger charge is -2.43. The molecule has 0 atom stereocenters. The van der Waals surface area contributed by atoms with E-state index in [9.17, 15) is 5.11 Å². The lowest BCUT2D eigenvalue weighted by Crippen LogP contribution is -2.40. The molecular weight excluding hydrogens is 172 g/mol. The minimum absolute atomic E-state index is 0.532. The van der Waals surface area contributed by atoms with Gasteiger partial charge in [0.15, 0.2) is 0 Å². The van der Waals surface area contributed by atoms with Crippen LogP contribution < -0.4 is 0 Å². The Morgan fingerprint density at radius 1 is 1.29 bits per heavy atom. The van der Waals surface area contributed by atoms with E-state index >= 15 is 0 Å². The molecule has 1 nitrogen and oxygen atoms in total. The summed E-state index contributed by atoms with van der Waals surface area (Å²) in [6.45, 7) is 6.35. The van der Waals surface area contributed by atoms with Crippen LogP contribution in [0.4, 0.5) is 0 Å². The van der Waals surface area contributed by atoms with Gasteiger partial charge in [0.1, 0.15) is 0 Å². The number of aliphatic hydroxyl groups is 1. The van der Waals surface area contributed by atoms with Gasteiger partial charge in [-0.05, 0) is 43.7 Å². The van der Waals surface area contributed by atoms with Crippen molar-refractivity contribution in [3.8, 4) is 0 Å². The third-order valence-electron chi connectivity index (χ3n) is 3.27. The van der Waals surface area contributed by atoms with Crippen LogP contribution >= 0.6 is 0 Å². The van der Waals surface area contributed by atoms with Crippen LogP contribution in [0.25, 0.3) is 0 Å². The molecule has 0 bridgehead atoms. The zero-order valence-corrected chi connectivity index (χ0v) is 9.17. The summed E-state index contributed by atoms with van der Waals surface area (Å²) in [5.41, 5.74) is 3.05. The van der Waals surface area contributed by atoms with Crippen LogP contribution in [0.3, 0.4) is 0 Å². The lowest BCUT2D eigenvalue weighted by atomic mass is 9.67. The molecule has 0 unspecified atom stereocenters. The fraction of sp³-hybridized carbons (Fsp3) is 0.538. The van der Waals surface area contributed by atoms with Crippen molar-refractivity contribution in [3.05, 3.63) is 34.9 Å². The molecule has 0 saturated heterocycles. The Labute approximate surface area is 85.8 Å². The van der Waals surface area contributed by atoms with Crippen molar-refractivity contribution < 1.29 is 5.11 Å². The zero-order valence-electron chi connectivity index (χ0n) is 9.17. The minimum Gasteiger partial charge on any atom is -0.385 e. The number of hydrogen-bond acceptors (Lipinski definition) is 1. The second kappa shape index (κ2) is 3.09. The maximum Gasteiger partial charge on any atom is 0.0904 e.